The molecule has 0 bridgehead atoms. The summed E-state index contributed by atoms with van der Waals surface area (Å²) in [6.07, 6.45) is 1.49. The van der Waals surface area contributed by atoms with Crippen LogP contribution in [-0.4, -0.2) is 5.91 Å². The molecular formula is C23H20ClNO2. The molecule has 1 fully saturated rings. The van der Waals surface area contributed by atoms with Gasteiger partial charge in [0.05, 0.1) is 6.04 Å². The Morgan fingerprint density at radius 2 is 1.52 bits per heavy atom. The summed E-state index contributed by atoms with van der Waals surface area (Å²) in [5, 5.41) is 3.73. The first-order chi connectivity index (χ1) is 13.2. The molecule has 0 spiro atoms. The number of carbonyl (C=O) groups excluding carboxylic acids is 1. The van der Waals surface area contributed by atoms with E-state index in [0.29, 0.717) is 13.0 Å². The van der Waals surface area contributed by atoms with E-state index in [2.05, 4.69) is 41.7 Å². The maximum atomic E-state index is 11.4. The Bertz CT molecular complexity index is 918. The highest BCUT2D eigenvalue weighted by atomic mass is 35.5. The number of rotatable bonds is 5. The van der Waals surface area contributed by atoms with Crippen LogP contribution in [0.3, 0.4) is 0 Å². The van der Waals surface area contributed by atoms with Gasteiger partial charge in [-0.05, 0) is 52.9 Å². The minimum Gasteiger partial charge on any atom is -0.489 e. The number of amides is 1. The second kappa shape index (κ2) is 7.85. The van der Waals surface area contributed by atoms with Crippen LogP contribution in [0.15, 0.2) is 72.8 Å². The number of hydrogen-bond acceptors (Lipinski definition) is 2. The molecule has 0 saturated carbocycles. The molecule has 0 aromatic heterocycles. The fourth-order valence-electron chi connectivity index (χ4n) is 3.26. The zero-order chi connectivity index (χ0) is 18.6. The predicted molar refractivity (Wildman–Crippen MR) is 108 cm³/mol. The molecule has 1 atom stereocenters. The number of carbonyl (C=O) groups is 1. The van der Waals surface area contributed by atoms with E-state index in [9.17, 15) is 4.79 Å². The van der Waals surface area contributed by atoms with Crippen molar-refractivity contribution in [2.75, 3.05) is 0 Å². The van der Waals surface area contributed by atoms with Gasteiger partial charge in [-0.15, -0.1) is 0 Å². The van der Waals surface area contributed by atoms with Crippen molar-refractivity contribution in [3.05, 3.63) is 88.9 Å². The molecule has 1 aliphatic rings. The van der Waals surface area contributed by atoms with Crippen molar-refractivity contribution < 1.29 is 9.53 Å². The normalized spacial score (nSPS) is 16.2. The lowest BCUT2D eigenvalue weighted by Crippen LogP contribution is -2.18. The summed E-state index contributed by atoms with van der Waals surface area (Å²) < 4.78 is 5.84. The van der Waals surface area contributed by atoms with E-state index in [1.54, 1.807) is 0 Å². The first-order valence-corrected chi connectivity index (χ1v) is 9.42. The molecule has 27 heavy (non-hydrogen) atoms. The van der Waals surface area contributed by atoms with Gasteiger partial charge in [0.2, 0.25) is 5.91 Å². The zero-order valence-electron chi connectivity index (χ0n) is 14.8. The van der Waals surface area contributed by atoms with Crippen LogP contribution in [0, 0.1) is 0 Å². The Balaban J connectivity index is 1.39. The van der Waals surface area contributed by atoms with Crippen LogP contribution in [0.5, 0.6) is 5.75 Å². The molecule has 0 radical (unpaired) electrons. The van der Waals surface area contributed by atoms with Gasteiger partial charge in [0.1, 0.15) is 12.4 Å². The first kappa shape index (κ1) is 17.6. The quantitative estimate of drug-likeness (QED) is 0.634. The summed E-state index contributed by atoms with van der Waals surface area (Å²) in [5.74, 6) is 0.970. The smallest absolute Gasteiger partial charge is 0.220 e. The second-order valence-corrected chi connectivity index (χ2v) is 7.16. The fraction of sp³-hybridized carbons (Fsp3) is 0.174. The summed E-state index contributed by atoms with van der Waals surface area (Å²) in [6, 6.07) is 24.3. The third-order valence-corrected chi connectivity index (χ3v) is 5.07. The van der Waals surface area contributed by atoms with Gasteiger partial charge in [-0.1, -0.05) is 60.1 Å². The topological polar surface area (TPSA) is 38.3 Å². The highest BCUT2D eigenvalue weighted by Crippen LogP contribution is 2.28. The van der Waals surface area contributed by atoms with Crippen molar-refractivity contribution in [2.45, 2.75) is 25.5 Å². The highest BCUT2D eigenvalue weighted by molar-refractivity contribution is 6.30. The number of ether oxygens (including phenoxy) is 1. The first-order valence-electron chi connectivity index (χ1n) is 9.04. The van der Waals surface area contributed by atoms with Crippen LogP contribution in [0.1, 0.15) is 30.0 Å². The van der Waals surface area contributed by atoms with Gasteiger partial charge in [-0.25, -0.2) is 0 Å². The summed E-state index contributed by atoms with van der Waals surface area (Å²) in [6.45, 7) is 0.512. The molecule has 1 unspecified atom stereocenters. The summed E-state index contributed by atoms with van der Waals surface area (Å²) in [4.78, 5) is 11.4. The predicted octanol–water partition coefficient (Wildman–Crippen LogP) is 5.54. The van der Waals surface area contributed by atoms with Gasteiger partial charge >= 0.3 is 0 Å². The SMILES string of the molecule is O=C1CCC(c2ccc(-c3ccc(OCc4ccc(Cl)cc4)cc3)cc2)N1. The Morgan fingerprint density at radius 3 is 2.11 bits per heavy atom. The van der Waals surface area contributed by atoms with Crippen LogP contribution >= 0.6 is 11.6 Å². The Hall–Kier alpha value is -2.78. The molecule has 1 N–H and O–H groups in total. The van der Waals surface area contributed by atoms with Gasteiger partial charge in [-0.2, -0.15) is 0 Å². The van der Waals surface area contributed by atoms with E-state index in [1.165, 1.54) is 0 Å². The van der Waals surface area contributed by atoms with Crippen LogP contribution in [0.4, 0.5) is 0 Å². The van der Waals surface area contributed by atoms with E-state index < -0.39 is 0 Å². The molecule has 136 valence electrons. The lowest BCUT2D eigenvalue weighted by atomic mass is 10.00. The van der Waals surface area contributed by atoms with Crippen molar-refractivity contribution in [2.24, 2.45) is 0 Å². The summed E-state index contributed by atoms with van der Waals surface area (Å²) >= 11 is 5.90. The molecular weight excluding hydrogens is 358 g/mol. The van der Waals surface area contributed by atoms with Crippen LogP contribution in [0.25, 0.3) is 11.1 Å². The molecule has 3 aromatic rings. The largest absolute Gasteiger partial charge is 0.489 e. The van der Waals surface area contributed by atoms with Crippen molar-refractivity contribution >= 4 is 17.5 Å². The van der Waals surface area contributed by atoms with E-state index in [4.69, 9.17) is 16.3 Å². The van der Waals surface area contributed by atoms with E-state index >= 15 is 0 Å². The maximum Gasteiger partial charge on any atom is 0.220 e. The number of hydrogen-bond donors (Lipinski definition) is 1. The van der Waals surface area contributed by atoms with Crippen LogP contribution in [-0.2, 0) is 11.4 Å². The van der Waals surface area contributed by atoms with E-state index in [-0.39, 0.29) is 11.9 Å². The minimum atomic E-state index is 0.137. The summed E-state index contributed by atoms with van der Waals surface area (Å²) in [7, 11) is 0. The van der Waals surface area contributed by atoms with Crippen LogP contribution < -0.4 is 10.1 Å². The van der Waals surface area contributed by atoms with Crippen molar-refractivity contribution in [3.8, 4) is 16.9 Å². The third-order valence-electron chi connectivity index (χ3n) is 4.81. The van der Waals surface area contributed by atoms with Gasteiger partial charge in [0.25, 0.3) is 0 Å². The third kappa shape index (κ3) is 4.32. The molecule has 1 aliphatic heterocycles. The fourth-order valence-corrected chi connectivity index (χ4v) is 3.39. The van der Waals surface area contributed by atoms with Crippen molar-refractivity contribution in [3.63, 3.8) is 0 Å². The average molecular weight is 378 g/mol. The van der Waals surface area contributed by atoms with Gasteiger partial charge < -0.3 is 10.1 Å². The zero-order valence-corrected chi connectivity index (χ0v) is 15.6. The molecule has 1 heterocycles. The summed E-state index contributed by atoms with van der Waals surface area (Å²) in [5.41, 5.74) is 4.52. The Kier molecular flexibility index (Phi) is 5.12. The highest BCUT2D eigenvalue weighted by Gasteiger charge is 2.21. The maximum absolute atomic E-state index is 11.4. The average Bonchev–Trinajstić information content (AvgIpc) is 3.14. The monoisotopic (exact) mass is 377 g/mol. The number of nitrogens with one attached hydrogen (secondary N) is 1. The second-order valence-electron chi connectivity index (χ2n) is 6.72. The molecule has 4 rings (SSSR count). The van der Waals surface area contributed by atoms with Gasteiger partial charge in [0.15, 0.2) is 0 Å². The molecule has 4 heteroatoms. The van der Waals surface area contributed by atoms with E-state index in [1.807, 2.05) is 36.4 Å². The van der Waals surface area contributed by atoms with Crippen LogP contribution in [0.2, 0.25) is 5.02 Å². The lowest BCUT2D eigenvalue weighted by molar-refractivity contribution is -0.119. The standard InChI is InChI=1S/C23H20ClNO2/c24-20-9-1-16(2-10-20)15-27-21-11-7-18(8-12-21)17-3-5-19(6-4-17)22-13-14-23(26)25-22/h1-12,22H,13-15H2,(H,25,26). The van der Waals surface area contributed by atoms with E-state index in [0.717, 1.165) is 39.4 Å². The molecule has 1 saturated heterocycles. The molecule has 3 nitrogen and oxygen atoms in total. The Morgan fingerprint density at radius 1 is 0.889 bits per heavy atom. The molecule has 0 aliphatic carbocycles. The lowest BCUT2D eigenvalue weighted by Gasteiger charge is -2.11. The van der Waals surface area contributed by atoms with Crippen molar-refractivity contribution in [1.82, 2.24) is 5.32 Å². The van der Waals surface area contributed by atoms with Gasteiger partial charge in [0, 0.05) is 11.4 Å². The molecule has 1 amide bonds. The number of halogens is 1. The van der Waals surface area contributed by atoms with Crippen molar-refractivity contribution in [1.29, 1.82) is 0 Å². The minimum absolute atomic E-state index is 0.137. The van der Waals surface area contributed by atoms with Gasteiger partial charge in [-0.3, -0.25) is 4.79 Å². The molecule has 3 aromatic carbocycles. The Labute approximate surface area is 163 Å². The number of benzene rings is 3.